The molecule has 1 aliphatic carbocycles. The van der Waals surface area contributed by atoms with Gasteiger partial charge in [-0.2, -0.15) is 5.26 Å². The second-order valence-corrected chi connectivity index (χ2v) is 8.88. The van der Waals surface area contributed by atoms with Crippen molar-refractivity contribution in [1.82, 2.24) is 4.98 Å². The maximum absolute atomic E-state index is 12.5. The molecule has 2 aromatic heterocycles. The number of anilines is 1. The van der Waals surface area contributed by atoms with Gasteiger partial charge >= 0.3 is 0 Å². The van der Waals surface area contributed by atoms with Crippen LogP contribution in [0.25, 0.3) is 0 Å². The minimum atomic E-state index is -0.333. The molecule has 0 saturated heterocycles. The van der Waals surface area contributed by atoms with Crippen LogP contribution >= 0.6 is 22.9 Å². The first-order valence-electron chi connectivity index (χ1n) is 8.27. The van der Waals surface area contributed by atoms with E-state index in [1.165, 1.54) is 22.4 Å². The smallest absolute Gasteiger partial charge is 0.259 e. The molecule has 0 fully saturated rings. The van der Waals surface area contributed by atoms with E-state index in [-0.39, 0.29) is 16.5 Å². The molecule has 0 unspecified atom stereocenters. The molecule has 1 N–H and O–H groups in total. The maximum atomic E-state index is 12.5. The fourth-order valence-corrected chi connectivity index (χ4v) is 4.74. The van der Waals surface area contributed by atoms with Crippen LogP contribution in [0.2, 0.25) is 5.15 Å². The summed E-state index contributed by atoms with van der Waals surface area (Å²) in [4.78, 5) is 17.6. The number of pyridine rings is 1. The Kier molecular flexibility index (Phi) is 4.86. The van der Waals surface area contributed by atoms with Crippen LogP contribution in [-0.4, -0.2) is 10.9 Å². The molecule has 25 heavy (non-hydrogen) atoms. The summed E-state index contributed by atoms with van der Waals surface area (Å²) in [6.45, 7) is 6.78. The Morgan fingerprint density at radius 1 is 1.48 bits per heavy atom. The molecule has 2 aromatic rings. The predicted octanol–water partition coefficient (Wildman–Crippen LogP) is 5.07. The van der Waals surface area contributed by atoms with Crippen LogP contribution in [0.4, 0.5) is 5.00 Å². The molecule has 3 rings (SSSR count). The van der Waals surface area contributed by atoms with Gasteiger partial charge < -0.3 is 5.32 Å². The van der Waals surface area contributed by atoms with Gasteiger partial charge in [-0.25, -0.2) is 4.98 Å². The second-order valence-electron chi connectivity index (χ2n) is 7.42. The number of hydrogen-bond acceptors (Lipinski definition) is 4. The Morgan fingerprint density at radius 3 is 2.88 bits per heavy atom. The van der Waals surface area contributed by atoms with E-state index in [1.807, 2.05) is 0 Å². The van der Waals surface area contributed by atoms with E-state index >= 15 is 0 Å². The van der Waals surface area contributed by atoms with Gasteiger partial charge in [0.15, 0.2) is 0 Å². The lowest BCUT2D eigenvalue weighted by atomic mass is 9.72. The van der Waals surface area contributed by atoms with E-state index < -0.39 is 0 Å². The number of amides is 1. The molecule has 6 heteroatoms. The number of nitrogens with one attached hydrogen (secondary N) is 1. The van der Waals surface area contributed by atoms with E-state index in [1.54, 1.807) is 12.1 Å². The van der Waals surface area contributed by atoms with Crippen LogP contribution in [0, 0.1) is 22.7 Å². The van der Waals surface area contributed by atoms with Crippen molar-refractivity contribution in [1.29, 1.82) is 5.26 Å². The van der Waals surface area contributed by atoms with Gasteiger partial charge in [0.1, 0.15) is 16.2 Å². The van der Waals surface area contributed by atoms with Gasteiger partial charge in [-0.3, -0.25) is 4.79 Å². The van der Waals surface area contributed by atoms with Crippen molar-refractivity contribution >= 4 is 33.8 Å². The number of fused-ring (bicyclic) bond motifs is 1. The van der Waals surface area contributed by atoms with Crippen LogP contribution in [0.15, 0.2) is 18.3 Å². The minimum absolute atomic E-state index is 0.160. The Balaban J connectivity index is 1.89. The standard InChI is InChI=1S/C19H20ClN3OS/c1-19(2,3)11-6-7-12-14(10-21)18(25-15(12)9-11)23-17(24)13-5-4-8-22-16(13)20/h4-5,8,11H,6-7,9H2,1-3H3,(H,23,24)/t11-/m0/s1. The normalized spacial score (nSPS) is 16.8. The molecule has 0 bridgehead atoms. The molecule has 130 valence electrons. The molecular formula is C19H20ClN3OS. The zero-order valence-corrected chi connectivity index (χ0v) is 16.1. The lowest BCUT2D eigenvalue weighted by Crippen LogP contribution is -2.26. The van der Waals surface area contributed by atoms with Crippen molar-refractivity contribution in [3.05, 3.63) is 45.1 Å². The summed E-state index contributed by atoms with van der Waals surface area (Å²) in [6.07, 6.45) is 4.46. The highest BCUT2D eigenvalue weighted by atomic mass is 35.5. The van der Waals surface area contributed by atoms with Crippen LogP contribution in [-0.2, 0) is 12.8 Å². The van der Waals surface area contributed by atoms with Crippen molar-refractivity contribution in [2.75, 3.05) is 5.32 Å². The Bertz CT molecular complexity index is 861. The highest BCUT2D eigenvalue weighted by Crippen LogP contribution is 2.44. The third kappa shape index (κ3) is 3.56. The fourth-order valence-electron chi connectivity index (χ4n) is 3.26. The third-order valence-electron chi connectivity index (χ3n) is 4.83. The average molecular weight is 374 g/mol. The summed E-state index contributed by atoms with van der Waals surface area (Å²) in [5.74, 6) is 0.252. The summed E-state index contributed by atoms with van der Waals surface area (Å²) in [5.41, 5.74) is 2.24. The molecule has 0 aliphatic heterocycles. The number of nitriles is 1. The zero-order chi connectivity index (χ0) is 18.2. The summed E-state index contributed by atoms with van der Waals surface area (Å²) in [5, 5.41) is 13.2. The molecule has 2 heterocycles. The van der Waals surface area contributed by atoms with Crippen LogP contribution in [0.1, 0.15) is 53.6 Å². The van der Waals surface area contributed by atoms with Crippen molar-refractivity contribution in [3.8, 4) is 6.07 Å². The highest BCUT2D eigenvalue weighted by molar-refractivity contribution is 7.16. The lowest BCUT2D eigenvalue weighted by Gasteiger charge is -2.33. The monoisotopic (exact) mass is 373 g/mol. The number of carbonyl (C=O) groups excluding carboxylic acids is 1. The van der Waals surface area contributed by atoms with Crippen LogP contribution in [0.3, 0.4) is 0 Å². The van der Waals surface area contributed by atoms with Gasteiger partial charge in [0, 0.05) is 11.1 Å². The third-order valence-corrected chi connectivity index (χ3v) is 6.30. The number of carbonyl (C=O) groups is 1. The van der Waals surface area contributed by atoms with Crippen molar-refractivity contribution < 1.29 is 4.79 Å². The van der Waals surface area contributed by atoms with Gasteiger partial charge in [0.25, 0.3) is 5.91 Å². The van der Waals surface area contributed by atoms with E-state index in [2.05, 4.69) is 37.1 Å². The topological polar surface area (TPSA) is 65.8 Å². The number of nitrogens with zero attached hydrogens (tertiary/aromatic N) is 2. The summed E-state index contributed by atoms with van der Waals surface area (Å²) >= 11 is 7.51. The molecule has 0 radical (unpaired) electrons. The molecule has 1 aliphatic rings. The molecule has 0 spiro atoms. The number of hydrogen-bond donors (Lipinski definition) is 1. The first-order valence-corrected chi connectivity index (χ1v) is 9.47. The maximum Gasteiger partial charge on any atom is 0.259 e. The van der Waals surface area contributed by atoms with Crippen molar-refractivity contribution in [3.63, 3.8) is 0 Å². The number of rotatable bonds is 2. The Labute approximate surface area is 156 Å². The van der Waals surface area contributed by atoms with Crippen molar-refractivity contribution in [2.24, 2.45) is 11.3 Å². The Morgan fingerprint density at radius 2 is 2.24 bits per heavy atom. The summed E-state index contributed by atoms with van der Waals surface area (Å²) in [6, 6.07) is 5.57. The molecule has 0 saturated carbocycles. The first-order chi connectivity index (χ1) is 11.8. The van der Waals surface area contributed by atoms with Crippen LogP contribution < -0.4 is 5.32 Å². The van der Waals surface area contributed by atoms with E-state index in [9.17, 15) is 10.1 Å². The number of thiophene rings is 1. The van der Waals surface area contributed by atoms with Gasteiger partial charge in [-0.15, -0.1) is 11.3 Å². The molecule has 0 aromatic carbocycles. The molecule has 1 atom stereocenters. The first kappa shape index (κ1) is 17.9. The van der Waals surface area contributed by atoms with Gasteiger partial charge in [0.05, 0.1) is 11.1 Å². The van der Waals surface area contributed by atoms with E-state index in [4.69, 9.17) is 11.6 Å². The molecule has 1 amide bonds. The number of halogens is 1. The lowest BCUT2D eigenvalue weighted by molar-refractivity contribution is 0.102. The highest BCUT2D eigenvalue weighted by Gasteiger charge is 2.32. The summed E-state index contributed by atoms with van der Waals surface area (Å²) < 4.78 is 0. The SMILES string of the molecule is CC(C)(C)[C@H]1CCc2c(sc(NC(=O)c3cccnc3Cl)c2C#N)C1. The van der Waals surface area contributed by atoms with Gasteiger partial charge in [-0.1, -0.05) is 32.4 Å². The van der Waals surface area contributed by atoms with E-state index in [0.717, 1.165) is 24.8 Å². The predicted molar refractivity (Wildman–Crippen MR) is 101 cm³/mol. The zero-order valence-electron chi connectivity index (χ0n) is 14.5. The molecule has 4 nitrogen and oxygen atoms in total. The largest absolute Gasteiger partial charge is 0.312 e. The fraction of sp³-hybridized carbons (Fsp3) is 0.421. The minimum Gasteiger partial charge on any atom is -0.312 e. The quantitative estimate of drug-likeness (QED) is 0.747. The number of aromatic nitrogens is 1. The van der Waals surface area contributed by atoms with E-state index in [0.29, 0.717) is 22.0 Å². The van der Waals surface area contributed by atoms with Crippen LogP contribution in [0.5, 0.6) is 0 Å². The summed E-state index contributed by atoms with van der Waals surface area (Å²) in [7, 11) is 0. The van der Waals surface area contributed by atoms with Gasteiger partial charge in [-0.05, 0) is 48.3 Å². The Hall–Kier alpha value is -1.90. The van der Waals surface area contributed by atoms with Gasteiger partial charge in [0.2, 0.25) is 0 Å². The average Bonchev–Trinajstić information content (AvgIpc) is 2.90. The van der Waals surface area contributed by atoms with Crippen molar-refractivity contribution in [2.45, 2.75) is 40.0 Å². The molecular weight excluding hydrogens is 354 g/mol. The second kappa shape index (κ2) is 6.78.